The number of unbranched alkanes of at least 4 members (excludes halogenated alkanes) is 3. The van der Waals surface area contributed by atoms with Crippen molar-refractivity contribution in [3.63, 3.8) is 0 Å². The lowest BCUT2D eigenvalue weighted by Gasteiger charge is -2.36. The lowest BCUT2D eigenvalue weighted by molar-refractivity contribution is 0.0163. The Balaban J connectivity index is 1.35. The molecule has 3 atom stereocenters. The minimum absolute atomic E-state index is 0.0313. The van der Waals surface area contributed by atoms with E-state index in [1.165, 1.54) is 0 Å². The zero-order valence-corrected chi connectivity index (χ0v) is 16.0. The van der Waals surface area contributed by atoms with Crippen molar-refractivity contribution in [2.45, 2.75) is 56.7 Å². The minimum Gasteiger partial charge on any atom is -0.447 e. The van der Waals surface area contributed by atoms with Crippen molar-refractivity contribution in [1.82, 2.24) is 9.80 Å². The van der Waals surface area contributed by atoms with Gasteiger partial charge in [-0.05, 0) is 37.8 Å². The maximum Gasteiger partial charge on any atom is 0.410 e. The van der Waals surface area contributed by atoms with Crippen molar-refractivity contribution in [2.75, 3.05) is 32.8 Å². The predicted molar refractivity (Wildman–Crippen MR) is 103 cm³/mol. The molecule has 6 nitrogen and oxygen atoms in total. The average Bonchev–Trinajstić information content (AvgIpc) is 3.06. The minimum atomic E-state index is -0.267. The summed E-state index contributed by atoms with van der Waals surface area (Å²) in [5.74, 6) is 0. The Bertz CT molecular complexity index is 583. The first-order chi connectivity index (χ1) is 13.2. The molecule has 1 amide bonds. The third kappa shape index (κ3) is 5.43. The summed E-state index contributed by atoms with van der Waals surface area (Å²) in [6, 6.07) is 10.2. The second kappa shape index (κ2) is 10.1. The molecule has 2 fully saturated rings. The Morgan fingerprint density at radius 2 is 1.81 bits per heavy atom. The van der Waals surface area contributed by atoms with E-state index in [0.717, 1.165) is 57.3 Å². The van der Waals surface area contributed by atoms with Gasteiger partial charge in [0.15, 0.2) is 0 Å². The summed E-state index contributed by atoms with van der Waals surface area (Å²) < 4.78 is 5.26. The molecule has 0 bridgehead atoms. The largest absolute Gasteiger partial charge is 0.447 e. The number of aliphatic hydroxyl groups is 2. The fourth-order valence-electron chi connectivity index (χ4n) is 4.16. The van der Waals surface area contributed by atoms with Crippen LogP contribution in [0, 0.1) is 0 Å². The SMILES string of the molecule is O=C1OCC(c2ccccc2)N1CCCCCCN1CCC(O)CC1CO. The fraction of sp³-hybridized carbons (Fsp3) is 0.667. The Labute approximate surface area is 161 Å². The third-order valence-electron chi connectivity index (χ3n) is 5.77. The van der Waals surface area contributed by atoms with E-state index in [1.807, 2.05) is 35.2 Å². The van der Waals surface area contributed by atoms with E-state index in [2.05, 4.69) is 4.90 Å². The normalized spacial score (nSPS) is 26.4. The third-order valence-corrected chi connectivity index (χ3v) is 5.77. The molecule has 2 aliphatic rings. The maximum atomic E-state index is 12.0. The summed E-state index contributed by atoms with van der Waals surface area (Å²) in [6.07, 6.45) is 5.24. The predicted octanol–water partition coefficient (Wildman–Crippen LogP) is 2.56. The fourth-order valence-corrected chi connectivity index (χ4v) is 4.16. The Kier molecular flexibility index (Phi) is 7.50. The molecule has 2 aliphatic heterocycles. The molecule has 0 spiro atoms. The summed E-state index contributed by atoms with van der Waals surface area (Å²) in [5.41, 5.74) is 1.13. The molecule has 150 valence electrons. The summed E-state index contributed by atoms with van der Waals surface area (Å²) in [7, 11) is 0. The molecule has 0 aliphatic carbocycles. The van der Waals surface area contributed by atoms with Crippen molar-refractivity contribution < 1.29 is 19.7 Å². The monoisotopic (exact) mass is 376 g/mol. The van der Waals surface area contributed by atoms with Crippen LogP contribution in [0.25, 0.3) is 0 Å². The number of carbonyl (C=O) groups excluding carboxylic acids is 1. The highest BCUT2D eigenvalue weighted by molar-refractivity contribution is 5.70. The number of hydrogen-bond acceptors (Lipinski definition) is 5. The van der Waals surface area contributed by atoms with Gasteiger partial charge in [-0.1, -0.05) is 43.2 Å². The van der Waals surface area contributed by atoms with Gasteiger partial charge < -0.3 is 14.9 Å². The molecule has 1 aromatic carbocycles. The highest BCUT2D eigenvalue weighted by Crippen LogP contribution is 2.28. The molecule has 1 aromatic rings. The Morgan fingerprint density at radius 3 is 2.56 bits per heavy atom. The van der Waals surface area contributed by atoms with Crippen LogP contribution in [0.5, 0.6) is 0 Å². The summed E-state index contributed by atoms with van der Waals surface area (Å²) >= 11 is 0. The summed E-state index contributed by atoms with van der Waals surface area (Å²) in [5, 5.41) is 19.2. The lowest BCUT2D eigenvalue weighted by Crippen LogP contribution is -2.46. The number of cyclic esters (lactones) is 1. The molecular formula is C21H32N2O4. The van der Waals surface area contributed by atoms with Gasteiger partial charge in [0, 0.05) is 19.1 Å². The average molecular weight is 376 g/mol. The van der Waals surface area contributed by atoms with Crippen molar-refractivity contribution in [1.29, 1.82) is 0 Å². The van der Waals surface area contributed by atoms with E-state index in [1.54, 1.807) is 0 Å². The Hall–Kier alpha value is -1.63. The van der Waals surface area contributed by atoms with Crippen LogP contribution < -0.4 is 0 Å². The first-order valence-corrected chi connectivity index (χ1v) is 10.2. The number of rotatable bonds is 9. The number of likely N-dealkylation sites (tertiary alicyclic amines) is 1. The smallest absolute Gasteiger partial charge is 0.410 e. The van der Waals surface area contributed by atoms with Crippen LogP contribution >= 0.6 is 0 Å². The van der Waals surface area contributed by atoms with E-state index >= 15 is 0 Å². The van der Waals surface area contributed by atoms with Crippen LogP contribution in [0.2, 0.25) is 0 Å². The van der Waals surface area contributed by atoms with Crippen molar-refractivity contribution >= 4 is 6.09 Å². The van der Waals surface area contributed by atoms with E-state index in [0.29, 0.717) is 13.0 Å². The molecule has 2 N–H and O–H groups in total. The molecule has 27 heavy (non-hydrogen) atoms. The standard InChI is InChI=1S/C21H32N2O4/c24-15-18-14-19(25)10-13-22(18)11-6-1-2-7-12-23-20(16-27-21(23)26)17-8-4-3-5-9-17/h3-5,8-9,18-20,24-25H,1-2,6-7,10-16H2. The van der Waals surface area contributed by atoms with Crippen LogP contribution in [-0.2, 0) is 4.74 Å². The van der Waals surface area contributed by atoms with E-state index in [9.17, 15) is 15.0 Å². The van der Waals surface area contributed by atoms with Gasteiger partial charge in [0.1, 0.15) is 6.61 Å². The number of piperidine rings is 1. The van der Waals surface area contributed by atoms with E-state index in [4.69, 9.17) is 4.74 Å². The Morgan fingerprint density at radius 1 is 1.07 bits per heavy atom. The van der Waals surface area contributed by atoms with E-state index < -0.39 is 0 Å². The van der Waals surface area contributed by atoms with Gasteiger partial charge in [-0.3, -0.25) is 9.80 Å². The quantitative estimate of drug-likeness (QED) is 0.648. The molecular weight excluding hydrogens is 344 g/mol. The molecule has 6 heteroatoms. The number of aliphatic hydroxyl groups excluding tert-OH is 2. The number of benzene rings is 1. The van der Waals surface area contributed by atoms with E-state index in [-0.39, 0.29) is 30.9 Å². The topological polar surface area (TPSA) is 73.2 Å². The van der Waals surface area contributed by atoms with Gasteiger partial charge in [-0.2, -0.15) is 0 Å². The van der Waals surface area contributed by atoms with Crippen LogP contribution in [0.4, 0.5) is 4.79 Å². The first kappa shape index (κ1) is 20.1. The maximum absolute atomic E-state index is 12.0. The molecule has 3 rings (SSSR count). The molecule has 2 saturated heterocycles. The second-order valence-corrected chi connectivity index (χ2v) is 7.66. The van der Waals surface area contributed by atoms with Gasteiger partial charge in [0.2, 0.25) is 0 Å². The van der Waals surface area contributed by atoms with Gasteiger partial charge >= 0.3 is 6.09 Å². The number of amides is 1. The highest BCUT2D eigenvalue weighted by Gasteiger charge is 2.33. The molecule has 3 unspecified atom stereocenters. The van der Waals surface area contributed by atoms with Crippen LogP contribution in [0.3, 0.4) is 0 Å². The molecule has 0 radical (unpaired) electrons. The van der Waals surface area contributed by atoms with Gasteiger partial charge in [0.25, 0.3) is 0 Å². The van der Waals surface area contributed by atoms with Crippen LogP contribution in [-0.4, -0.2) is 71.1 Å². The number of nitrogens with zero attached hydrogens (tertiary/aromatic N) is 2. The molecule has 2 heterocycles. The van der Waals surface area contributed by atoms with Crippen LogP contribution in [0.1, 0.15) is 50.1 Å². The first-order valence-electron chi connectivity index (χ1n) is 10.2. The highest BCUT2D eigenvalue weighted by atomic mass is 16.6. The van der Waals surface area contributed by atoms with Gasteiger partial charge in [0.05, 0.1) is 18.8 Å². The molecule has 0 saturated carbocycles. The van der Waals surface area contributed by atoms with Crippen LogP contribution in [0.15, 0.2) is 30.3 Å². The zero-order valence-electron chi connectivity index (χ0n) is 16.0. The lowest BCUT2D eigenvalue weighted by atomic mass is 9.99. The van der Waals surface area contributed by atoms with Crippen molar-refractivity contribution in [3.8, 4) is 0 Å². The van der Waals surface area contributed by atoms with Crippen molar-refractivity contribution in [3.05, 3.63) is 35.9 Å². The zero-order chi connectivity index (χ0) is 19.1. The van der Waals surface area contributed by atoms with Crippen molar-refractivity contribution in [2.24, 2.45) is 0 Å². The molecule has 0 aromatic heterocycles. The summed E-state index contributed by atoms with van der Waals surface area (Å²) in [4.78, 5) is 16.2. The number of hydrogen-bond donors (Lipinski definition) is 2. The van der Waals surface area contributed by atoms with Gasteiger partial charge in [-0.15, -0.1) is 0 Å². The number of ether oxygens (including phenoxy) is 1. The van der Waals surface area contributed by atoms with Gasteiger partial charge in [-0.25, -0.2) is 4.79 Å². The second-order valence-electron chi connectivity index (χ2n) is 7.66. The number of carbonyl (C=O) groups is 1. The summed E-state index contributed by atoms with van der Waals surface area (Å²) in [6.45, 7) is 3.12.